The summed E-state index contributed by atoms with van der Waals surface area (Å²) in [4.78, 5) is 2.49. The van der Waals surface area contributed by atoms with Crippen molar-refractivity contribution in [2.75, 3.05) is 23.7 Å². The highest BCUT2D eigenvalue weighted by Gasteiger charge is 2.25. The molecule has 1 heterocycles. The van der Waals surface area contributed by atoms with Gasteiger partial charge in [0.05, 0.1) is 0 Å². The van der Waals surface area contributed by atoms with Crippen molar-refractivity contribution in [2.45, 2.75) is 50.8 Å². The van der Waals surface area contributed by atoms with Crippen LogP contribution in [0, 0.1) is 0 Å². The van der Waals surface area contributed by atoms with Crippen molar-refractivity contribution in [1.82, 2.24) is 0 Å². The number of nitrogens with zero attached hydrogens (tertiary/aromatic N) is 1. The van der Waals surface area contributed by atoms with Crippen LogP contribution in [-0.2, 0) is 6.42 Å². The Balaban J connectivity index is 2.24. The van der Waals surface area contributed by atoms with Gasteiger partial charge in [0.1, 0.15) is 0 Å². The molecule has 0 amide bonds. The molecule has 1 aliphatic heterocycles. The maximum Gasteiger partial charge on any atom is 0.0459 e. The molecule has 1 fully saturated rings. The second-order valence-corrected chi connectivity index (χ2v) is 8.66. The molecule has 1 atom stereocenters. The van der Waals surface area contributed by atoms with Crippen LogP contribution in [0.3, 0.4) is 0 Å². The van der Waals surface area contributed by atoms with Crippen LogP contribution in [0.1, 0.15) is 39.2 Å². The first-order valence-electron chi connectivity index (χ1n) is 7.85. The molecule has 1 aromatic carbocycles. The molecule has 0 spiro atoms. The van der Waals surface area contributed by atoms with E-state index in [1.165, 1.54) is 23.4 Å². The molecule has 0 bridgehead atoms. The lowest BCUT2D eigenvalue weighted by Crippen LogP contribution is -2.29. The lowest BCUT2D eigenvalue weighted by Gasteiger charge is -2.27. The number of thioether (sulfide) groups is 1. The summed E-state index contributed by atoms with van der Waals surface area (Å²) in [7, 11) is 0. The number of anilines is 1. The molecule has 2 nitrogen and oxygen atoms in total. The summed E-state index contributed by atoms with van der Waals surface area (Å²) in [6.07, 6.45) is 3.04. The third-order valence-corrected chi connectivity index (χ3v) is 5.99. The molecule has 1 unspecified atom stereocenters. The van der Waals surface area contributed by atoms with Gasteiger partial charge in [-0.15, -0.1) is 0 Å². The van der Waals surface area contributed by atoms with E-state index in [-0.39, 0.29) is 6.04 Å². The van der Waals surface area contributed by atoms with Gasteiger partial charge in [-0.3, -0.25) is 0 Å². The molecule has 21 heavy (non-hydrogen) atoms. The highest BCUT2D eigenvalue weighted by molar-refractivity contribution is 8.00. The molecule has 2 rings (SSSR count). The quantitative estimate of drug-likeness (QED) is 0.892. The second-order valence-electron chi connectivity index (χ2n) is 6.46. The molecule has 2 N–H and O–H groups in total. The van der Waals surface area contributed by atoms with E-state index in [0.717, 1.165) is 31.0 Å². The maximum absolute atomic E-state index is 6.46. The van der Waals surface area contributed by atoms with Crippen LogP contribution in [0.2, 0.25) is 5.02 Å². The van der Waals surface area contributed by atoms with Crippen molar-refractivity contribution in [1.29, 1.82) is 0 Å². The smallest absolute Gasteiger partial charge is 0.0459 e. The normalized spacial score (nSPS) is 20.1. The van der Waals surface area contributed by atoms with E-state index in [9.17, 15) is 0 Å². The van der Waals surface area contributed by atoms with E-state index < -0.39 is 0 Å². The first-order chi connectivity index (χ1) is 9.93. The van der Waals surface area contributed by atoms with Crippen LogP contribution in [0.15, 0.2) is 18.2 Å². The van der Waals surface area contributed by atoms with Crippen LogP contribution in [0.5, 0.6) is 0 Å². The largest absolute Gasteiger partial charge is 0.370 e. The molecule has 0 radical (unpaired) electrons. The number of halogens is 1. The van der Waals surface area contributed by atoms with E-state index in [4.69, 9.17) is 17.3 Å². The predicted octanol–water partition coefficient (Wildman–Crippen LogP) is 4.34. The van der Waals surface area contributed by atoms with Gasteiger partial charge in [-0.05, 0) is 37.0 Å². The van der Waals surface area contributed by atoms with E-state index in [1.807, 2.05) is 6.07 Å². The SMILES string of the molecule is CCC(N)Cc1c(Cl)cccc1N1CCSC(C)(C)CC1. The van der Waals surface area contributed by atoms with Crippen molar-refractivity contribution in [3.8, 4) is 0 Å². The number of hydrogen-bond donors (Lipinski definition) is 1. The minimum atomic E-state index is 0.182. The van der Waals surface area contributed by atoms with Gasteiger partial charge >= 0.3 is 0 Å². The highest BCUT2D eigenvalue weighted by Crippen LogP contribution is 2.35. The molecular formula is C17H27ClN2S. The van der Waals surface area contributed by atoms with E-state index in [0.29, 0.717) is 4.75 Å². The van der Waals surface area contributed by atoms with Gasteiger partial charge in [-0.2, -0.15) is 11.8 Å². The van der Waals surface area contributed by atoms with Crippen molar-refractivity contribution in [2.24, 2.45) is 5.73 Å². The molecule has 1 aromatic rings. The number of rotatable bonds is 4. The van der Waals surface area contributed by atoms with Crippen LogP contribution >= 0.6 is 23.4 Å². The second kappa shape index (κ2) is 7.26. The fourth-order valence-electron chi connectivity index (χ4n) is 2.71. The average Bonchev–Trinajstić information content (AvgIpc) is 2.62. The van der Waals surface area contributed by atoms with E-state index in [1.54, 1.807) is 0 Å². The molecule has 1 aliphatic rings. The lowest BCUT2D eigenvalue weighted by atomic mass is 10.0. The molecular weight excluding hydrogens is 300 g/mol. The van der Waals surface area contributed by atoms with Gasteiger partial charge in [0.25, 0.3) is 0 Å². The number of benzene rings is 1. The summed E-state index contributed by atoms with van der Waals surface area (Å²) in [5, 5.41) is 0.854. The highest BCUT2D eigenvalue weighted by atomic mass is 35.5. The number of nitrogens with two attached hydrogens (primary N) is 1. The van der Waals surface area contributed by atoms with Gasteiger partial charge in [0.2, 0.25) is 0 Å². The van der Waals surface area contributed by atoms with Crippen molar-refractivity contribution in [3.63, 3.8) is 0 Å². The van der Waals surface area contributed by atoms with Crippen LogP contribution < -0.4 is 10.6 Å². The Morgan fingerprint density at radius 2 is 2.14 bits per heavy atom. The summed E-state index contributed by atoms with van der Waals surface area (Å²) in [5.74, 6) is 1.17. The first-order valence-corrected chi connectivity index (χ1v) is 9.21. The van der Waals surface area contributed by atoms with Gasteiger partial charge in [0.15, 0.2) is 0 Å². The lowest BCUT2D eigenvalue weighted by molar-refractivity contribution is 0.628. The summed E-state index contributed by atoms with van der Waals surface area (Å²) in [5.41, 5.74) is 8.67. The van der Waals surface area contributed by atoms with Crippen LogP contribution in [0.4, 0.5) is 5.69 Å². The summed E-state index contributed by atoms with van der Waals surface area (Å²) in [6, 6.07) is 6.43. The van der Waals surface area contributed by atoms with Crippen molar-refractivity contribution >= 4 is 29.1 Å². The van der Waals surface area contributed by atoms with Crippen LogP contribution in [0.25, 0.3) is 0 Å². The fourth-order valence-corrected chi connectivity index (χ4v) is 4.06. The number of hydrogen-bond acceptors (Lipinski definition) is 3. The standard InChI is InChI=1S/C17H27ClN2S/c1-4-13(19)12-14-15(18)6-5-7-16(14)20-9-8-17(2,3)21-11-10-20/h5-7,13H,4,8-12,19H2,1-3H3. The topological polar surface area (TPSA) is 29.3 Å². The van der Waals surface area contributed by atoms with E-state index >= 15 is 0 Å². The van der Waals surface area contributed by atoms with Crippen LogP contribution in [-0.4, -0.2) is 29.6 Å². The zero-order chi connectivity index (χ0) is 15.5. The molecule has 0 saturated carbocycles. The maximum atomic E-state index is 6.46. The summed E-state index contributed by atoms with van der Waals surface area (Å²) < 4.78 is 0.368. The third-order valence-electron chi connectivity index (χ3n) is 4.26. The summed E-state index contributed by atoms with van der Waals surface area (Å²) in [6.45, 7) is 8.99. The Morgan fingerprint density at radius 1 is 1.38 bits per heavy atom. The first kappa shape index (κ1) is 17.0. The van der Waals surface area contributed by atoms with Gasteiger partial charge < -0.3 is 10.6 Å². The Bertz CT molecular complexity index is 476. The summed E-state index contributed by atoms with van der Waals surface area (Å²) >= 11 is 8.53. The predicted molar refractivity (Wildman–Crippen MR) is 96.8 cm³/mol. The zero-order valence-corrected chi connectivity index (χ0v) is 14.9. The average molecular weight is 327 g/mol. The van der Waals surface area contributed by atoms with Gasteiger partial charge in [-0.25, -0.2) is 0 Å². The van der Waals surface area contributed by atoms with Crippen molar-refractivity contribution < 1.29 is 0 Å². The Labute approximate surface area is 138 Å². The molecule has 1 saturated heterocycles. The third kappa shape index (κ3) is 4.54. The Kier molecular flexibility index (Phi) is 5.87. The van der Waals surface area contributed by atoms with Gasteiger partial charge in [-0.1, -0.05) is 38.4 Å². The monoisotopic (exact) mass is 326 g/mol. The molecule has 0 aliphatic carbocycles. The molecule has 0 aromatic heterocycles. The zero-order valence-electron chi connectivity index (χ0n) is 13.4. The minimum absolute atomic E-state index is 0.182. The Hall–Kier alpha value is -0.380. The molecule has 4 heteroatoms. The van der Waals surface area contributed by atoms with E-state index in [2.05, 4.69) is 49.6 Å². The minimum Gasteiger partial charge on any atom is -0.370 e. The van der Waals surface area contributed by atoms with Crippen molar-refractivity contribution in [3.05, 3.63) is 28.8 Å². The fraction of sp³-hybridized carbons (Fsp3) is 0.647. The van der Waals surface area contributed by atoms with Gasteiger partial charge in [0, 0.05) is 40.3 Å². The molecule has 118 valence electrons. The Morgan fingerprint density at radius 3 is 2.86 bits per heavy atom.